The second-order valence-corrected chi connectivity index (χ2v) is 11.4. The Labute approximate surface area is 252 Å². The molecule has 4 nitrogen and oxygen atoms in total. The molecule has 0 bridgehead atoms. The zero-order valence-electron chi connectivity index (χ0n) is 23.6. The van der Waals surface area contributed by atoms with Gasteiger partial charge in [0.2, 0.25) is 5.95 Å². The molecule has 0 atom stereocenters. The summed E-state index contributed by atoms with van der Waals surface area (Å²) in [6.07, 6.45) is 4.52. The van der Waals surface area contributed by atoms with Crippen molar-refractivity contribution >= 4 is 66.7 Å². The molecule has 0 spiro atoms. The minimum atomic E-state index is 0.672. The van der Waals surface area contributed by atoms with Crippen LogP contribution in [0, 0.1) is 0 Å². The molecule has 0 saturated heterocycles. The van der Waals surface area contributed by atoms with E-state index in [9.17, 15) is 0 Å². The van der Waals surface area contributed by atoms with Gasteiger partial charge < -0.3 is 4.57 Å². The normalized spacial score (nSPS) is 12.5. The SMILES string of the molecule is C1=Cc2cc3c4ccccc4n(-c4nc(-c5ccccc5)c5ccccc5n4)c3c3c4ccccc4n(c23)-c2ccccc21. The van der Waals surface area contributed by atoms with Crippen LogP contribution in [0.15, 0.2) is 133 Å². The van der Waals surface area contributed by atoms with Crippen LogP contribution in [0.3, 0.4) is 0 Å². The Kier molecular flexibility index (Phi) is 4.69. The maximum absolute atomic E-state index is 5.35. The molecule has 3 aromatic heterocycles. The van der Waals surface area contributed by atoms with Crippen LogP contribution in [0.4, 0.5) is 0 Å². The molecule has 0 radical (unpaired) electrons. The van der Waals surface area contributed by atoms with Gasteiger partial charge in [-0.1, -0.05) is 115 Å². The quantitative estimate of drug-likeness (QED) is 0.211. The fraction of sp³-hybridized carbons (Fsp3) is 0. The van der Waals surface area contributed by atoms with Crippen LogP contribution in [0.1, 0.15) is 11.1 Å². The molecule has 44 heavy (non-hydrogen) atoms. The van der Waals surface area contributed by atoms with Crippen molar-refractivity contribution in [1.29, 1.82) is 0 Å². The lowest BCUT2D eigenvalue weighted by Gasteiger charge is -2.13. The maximum Gasteiger partial charge on any atom is 0.235 e. The number of hydrogen-bond acceptors (Lipinski definition) is 2. The van der Waals surface area contributed by atoms with Gasteiger partial charge in [-0.25, -0.2) is 9.97 Å². The highest BCUT2D eigenvalue weighted by atomic mass is 15.2. The summed E-state index contributed by atoms with van der Waals surface area (Å²) in [6, 6.07) is 47.2. The highest BCUT2D eigenvalue weighted by Crippen LogP contribution is 2.45. The lowest BCUT2D eigenvalue weighted by Crippen LogP contribution is -2.04. The number of para-hydroxylation sites is 4. The molecule has 1 aliphatic rings. The van der Waals surface area contributed by atoms with Crippen molar-refractivity contribution in [2.45, 2.75) is 0 Å². The molecule has 0 fully saturated rings. The Morgan fingerprint density at radius 3 is 1.98 bits per heavy atom. The standard InChI is InChI=1S/C40H24N4/c1-2-13-26(14-3-1)37-29-16-5-8-18-32(29)41-40(42-37)44-34-20-10-6-15-28(34)31-24-27-23-22-25-12-4-9-19-33(25)43-35-21-11-7-17-30(35)36(38(27)43)39(31)44/h1-24H. The number of fused-ring (bicyclic) bond motifs is 10. The molecule has 6 aromatic carbocycles. The maximum atomic E-state index is 5.35. The van der Waals surface area contributed by atoms with Crippen LogP contribution >= 0.6 is 0 Å². The van der Waals surface area contributed by atoms with E-state index in [0.717, 1.165) is 33.2 Å². The first kappa shape index (κ1) is 23.6. The van der Waals surface area contributed by atoms with Gasteiger partial charge in [0.05, 0.1) is 39.0 Å². The smallest absolute Gasteiger partial charge is 0.235 e. The molecule has 0 N–H and O–H groups in total. The third-order valence-corrected chi connectivity index (χ3v) is 9.06. The number of benzene rings is 6. The third kappa shape index (κ3) is 3.11. The molecule has 9 aromatic rings. The van der Waals surface area contributed by atoms with Crippen LogP contribution in [0.5, 0.6) is 0 Å². The molecular weight excluding hydrogens is 536 g/mol. The lowest BCUT2D eigenvalue weighted by atomic mass is 10.0. The first-order chi connectivity index (χ1) is 21.8. The summed E-state index contributed by atoms with van der Waals surface area (Å²) in [6.45, 7) is 0. The number of rotatable bonds is 2. The summed E-state index contributed by atoms with van der Waals surface area (Å²) in [7, 11) is 0. The van der Waals surface area contributed by atoms with Gasteiger partial charge in [0, 0.05) is 32.5 Å². The fourth-order valence-corrected chi connectivity index (χ4v) is 7.21. The van der Waals surface area contributed by atoms with E-state index in [1.165, 1.54) is 49.4 Å². The molecule has 0 amide bonds. The van der Waals surface area contributed by atoms with Crippen LogP contribution in [0.25, 0.3) is 89.6 Å². The summed E-state index contributed by atoms with van der Waals surface area (Å²) in [5, 5.41) is 5.85. The first-order valence-electron chi connectivity index (χ1n) is 14.9. The molecule has 4 heterocycles. The molecule has 204 valence electrons. The predicted octanol–water partition coefficient (Wildman–Crippen LogP) is 9.97. The van der Waals surface area contributed by atoms with Crippen molar-refractivity contribution in [3.63, 3.8) is 0 Å². The molecule has 0 unspecified atom stereocenters. The minimum absolute atomic E-state index is 0.672. The second-order valence-electron chi connectivity index (χ2n) is 11.4. The van der Waals surface area contributed by atoms with E-state index >= 15 is 0 Å². The van der Waals surface area contributed by atoms with Gasteiger partial charge in [0.1, 0.15) is 0 Å². The van der Waals surface area contributed by atoms with Crippen LogP contribution in [-0.2, 0) is 0 Å². The number of aromatic nitrogens is 4. The minimum Gasteiger partial charge on any atom is -0.308 e. The van der Waals surface area contributed by atoms with Gasteiger partial charge in [-0.3, -0.25) is 4.57 Å². The molecular formula is C40H24N4. The van der Waals surface area contributed by atoms with Crippen molar-refractivity contribution in [2.24, 2.45) is 0 Å². The van der Waals surface area contributed by atoms with E-state index in [0.29, 0.717) is 5.95 Å². The van der Waals surface area contributed by atoms with Crippen molar-refractivity contribution in [3.05, 3.63) is 145 Å². The Morgan fingerprint density at radius 2 is 1.11 bits per heavy atom. The second kappa shape index (κ2) is 8.76. The Balaban J connectivity index is 1.44. The summed E-state index contributed by atoms with van der Waals surface area (Å²) in [4.78, 5) is 10.6. The molecule has 10 rings (SSSR count). The first-order valence-corrected chi connectivity index (χ1v) is 14.9. The van der Waals surface area contributed by atoms with Crippen molar-refractivity contribution in [1.82, 2.24) is 19.1 Å². The van der Waals surface area contributed by atoms with Gasteiger partial charge in [-0.15, -0.1) is 0 Å². The number of nitrogens with zero attached hydrogens (tertiary/aromatic N) is 4. The Morgan fingerprint density at radius 1 is 0.455 bits per heavy atom. The third-order valence-electron chi connectivity index (χ3n) is 9.06. The molecule has 0 aliphatic carbocycles. The number of hydrogen-bond donors (Lipinski definition) is 0. The predicted molar refractivity (Wildman–Crippen MR) is 183 cm³/mol. The fourth-order valence-electron chi connectivity index (χ4n) is 7.21. The van der Waals surface area contributed by atoms with Crippen LogP contribution in [-0.4, -0.2) is 19.1 Å². The van der Waals surface area contributed by atoms with Gasteiger partial charge in [-0.05, 0) is 41.5 Å². The average molecular weight is 561 g/mol. The van der Waals surface area contributed by atoms with Crippen molar-refractivity contribution in [3.8, 4) is 22.9 Å². The van der Waals surface area contributed by atoms with Gasteiger partial charge >= 0.3 is 0 Å². The van der Waals surface area contributed by atoms with E-state index in [1.807, 2.05) is 6.07 Å². The van der Waals surface area contributed by atoms with E-state index in [4.69, 9.17) is 9.97 Å². The molecule has 1 aliphatic heterocycles. The van der Waals surface area contributed by atoms with Gasteiger partial charge in [0.15, 0.2) is 0 Å². The van der Waals surface area contributed by atoms with Gasteiger partial charge in [-0.2, -0.15) is 0 Å². The zero-order valence-corrected chi connectivity index (χ0v) is 23.6. The molecule has 0 saturated carbocycles. The van der Waals surface area contributed by atoms with E-state index in [-0.39, 0.29) is 0 Å². The lowest BCUT2D eigenvalue weighted by molar-refractivity contribution is 1.02. The monoisotopic (exact) mass is 560 g/mol. The van der Waals surface area contributed by atoms with Crippen LogP contribution in [0.2, 0.25) is 0 Å². The van der Waals surface area contributed by atoms with Gasteiger partial charge in [0.25, 0.3) is 0 Å². The summed E-state index contributed by atoms with van der Waals surface area (Å²) >= 11 is 0. The Hall–Kier alpha value is -6.00. The summed E-state index contributed by atoms with van der Waals surface area (Å²) < 4.78 is 4.73. The van der Waals surface area contributed by atoms with Crippen molar-refractivity contribution < 1.29 is 0 Å². The largest absolute Gasteiger partial charge is 0.308 e. The summed E-state index contributed by atoms with van der Waals surface area (Å²) in [5.41, 5.74) is 11.1. The van der Waals surface area contributed by atoms with E-state index in [2.05, 4.69) is 149 Å². The highest BCUT2D eigenvalue weighted by molar-refractivity contribution is 6.28. The zero-order chi connectivity index (χ0) is 28.8. The van der Waals surface area contributed by atoms with E-state index in [1.54, 1.807) is 0 Å². The van der Waals surface area contributed by atoms with E-state index < -0.39 is 0 Å². The average Bonchev–Trinajstić information content (AvgIpc) is 3.54. The summed E-state index contributed by atoms with van der Waals surface area (Å²) in [5.74, 6) is 0.672. The Bertz CT molecular complexity index is 2660. The van der Waals surface area contributed by atoms with Crippen molar-refractivity contribution in [2.75, 3.05) is 0 Å². The van der Waals surface area contributed by atoms with Crippen LogP contribution < -0.4 is 0 Å². The topological polar surface area (TPSA) is 35.6 Å². The highest BCUT2D eigenvalue weighted by Gasteiger charge is 2.25. The molecule has 4 heteroatoms.